The van der Waals surface area contributed by atoms with Gasteiger partial charge in [0.05, 0.1) is 0 Å². The van der Waals surface area contributed by atoms with Crippen LogP contribution >= 0.6 is 11.6 Å². The third kappa shape index (κ3) is 4.18. The summed E-state index contributed by atoms with van der Waals surface area (Å²) in [7, 11) is 0. The van der Waals surface area contributed by atoms with Gasteiger partial charge < -0.3 is 0 Å². The van der Waals surface area contributed by atoms with Crippen molar-refractivity contribution in [3.8, 4) is 0 Å². The van der Waals surface area contributed by atoms with Crippen molar-refractivity contribution < 1.29 is 9.47 Å². The molecule has 0 fully saturated rings. The summed E-state index contributed by atoms with van der Waals surface area (Å²) in [6, 6.07) is 0. The molecular formula is C2H4ClFO. The minimum Gasteiger partial charge on any atom is -0.193 e. The van der Waals surface area contributed by atoms with E-state index in [0.29, 0.717) is 0 Å². The lowest BCUT2D eigenvalue weighted by Gasteiger charge is -1.76. The van der Waals surface area contributed by atoms with Crippen LogP contribution in [0.1, 0.15) is 0 Å². The molecule has 0 N–H and O–H groups in total. The summed E-state index contributed by atoms with van der Waals surface area (Å²) in [5.41, 5.74) is 0. The van der Waals surface area contributed by atoms with Gasteiger partial charge in [-0.05, 0) is 4.53 Å². The van der Waals surface area contributed by atoms with E-state index in [4.69, 9.17) is 11.6 Å². The van der Waals surface area contributed by atoms with Gasteiger partial charge in [-0.3, -0.25) is 0 Å². The molecule has 0 aromatic carbocycles. The second kappa shape index (κ2) is 4.18. The zero-order valence-electron chi connectivity index (χ0n) is 2.58. The van der Waals surface area contributed by atoms with Crippen molar-refractivity contribution in [1.82, 2.24) is 0 Å². The highest BCUT2D eigenvalue weighted by Crippen LogP contribution is 1.75. The van der Waals surface area contributed by atoms with Gasteiger partial charge in [0.15, 0.2) is 0 Å². The van der Waals surface area contributed by atoms with E-state index in [1.165, 1.54) is 0 Å². The molecule has 0 aromatic heterocycles. The molecule has 5 heavy (non-hydrogen) atoms. The molecule has 0 atom stereocenters. The van der Waals surface area contributed by atoms with Gasteiger partial charge in [-0.15, -0.1) is 11.6 Å². The molecule has 0 spiro atoms. The van der Waals surface area contributed by atoms with Gasteiger partial charge in [-0.25, -0.2) is 0 Å². The monoisotopic (exact) mass is 98.0 g/mol. The van der Waals surface area contributed by atoms with Crippen LogP contribution in [0.3, 0.4) is 0 Å². The van der Waals surface area contributed by atoms with E-state index in [-0.39, 0.29) is 12.5 Å². The number of rotatable bonds is 2. The van der Waals surface area contributed by atoms with E-state index in [9.17, 15) is 4.53 Å². The molecule has 32 valence electrons. The van der Waals surface area contributed by atoms with Crippen LogP contribution in [0.2, 0.25) is 0 Å². The second-order valence-corrected chi connectivity index (χ2v) is 0.880. The van der Waals surface area contributed by atoms with Crippen LogP contribution in [0.25, 0.3) is 0 Å². The zero-order valence-corrected chi connectivity index (χ0v) is 3.33. The van der Waals surface area contributed by atoms with Gasteiger partial charge in [-0.1, -0.05) is 0 Å². The molecule has 0 unspecified atom stereocenters. The fraction of sp³-hybridized carbons (Fsp3) is 1.00. The summed E-state index contributed by atoms with van der Waals surface area (Å²) in [6.45, 7) is -0.0123. The Labute approximate surface area is 34.6 Å². The van der Waals surface area contributed by atoms with Crippen molar-refractivity contribution in [1.29, 1.82) is 0 Å². The van der Waals surface area contributed by atoms with Crippen LogP contribution in [0, 0.1) is 0 Å². The van der Waals surface area contributed by atoms with Crippen molar-refractivity contribution in [2.45, 2.75) is 0 Å². The summed E-state index contributed by atoms with van der Waals surface area (Å²) >= 11 is 4.94. The SMILES string of the molecule is FOCCCl. The predicted octanol–water partition coefficient (Wildman–Crippen LogP) is 1.13. The van der Waals surface area contributed by atoms with Gasteiger partial charge >= 0.3 is 0 Å². The Morgan fingerprint density at radius 1 is 1.80 bits per heavy atom. The smallest absolute Gasteiger partial charge is 0.101 e. The Morgan fingerprint density at radius 2 is 2.40 bits per heavy atom. The number of halogens is 2. The molecule has 0 bridgehead atoms. The average molecular weight is 98.5 g/mol. The van der Waals surface area contributed by atoms with Crippen LogP contribution in [0.5, 0.6) is 0 Å². The fourth-order valence-corrected chi connectivity index (χ4v) is 0.0875. The van der Waals surface area contributed by atoms with Gasteiger partial charge in [0, 0.05) is 5.88 Å². The topological polar surface area (TPSA) is 9.23 Å². The van der Waals surface area contributed by atoms with Crippen LogP contribution in [-0.2, 0) is 4.94 Å². The van der Waals surface area contributed by atoms with E-state index in [1.54, 1.807) is 0 Å². The van der Waals surface area contributed by atoms with Gasteiger partial charge in [0.1, 0.15) is 6.61 Å². The Bertz CT molecular complexity index is 17.1. The summed E-state index contributed by atoms with van der Waals surface area (Å²) in [6.07, 6.45) is 0. The van der Waals surface area contributed by atoms with Crippen LogP contribution < -0.4 is 0 Å². The number of hydrogen-bond acceptors (Lipinski definition) is 1. The average Bonchev–Trinajstić information content (AvgIpc) is 1.41. The van der Waals surface area contributed by atoms with E-state index in [1.807, 2.05) is 0 Å². The maximum atomic E-state index is 10.4. The first-order valence-corrected chi connectivity index (χ1v) is 1.74. The maximum absolute atomic E-state index is 10.4. The van der Waals surface area contributed by atoms with E-state index in [0.717, 1.165) is 0 Å². The van der Waals surface area contributed by atoms with Crippen molar-refractivity contribution >= 4 is 11.6 Å². The van der Waals surface area contributed by atoms with Gasteiger partial charge in [-0.2, -0.15) is 4.94 Å². The third-order valence-electron chi connectivity index (χ3n) is 0.154. The summed E-state index contributed by atoms with van der Waals surface area (Å²) < 4.78 is 10.4. The minimum absolute atomic E-state index is 0.0123. The first-order chi connectivity index (χ1) is 2.41. The minimum atomic E-state index is -0.0123. The highest BCUT2D eigenvalue weighted by molar-refractivity contribution is 6.17. The fourth-order valence-electron chi connectivity index (χ4n) is 0.0292. The summed E-state index contributed by atoms with van der Waals surface area (Å²) in [5.74, 6) is 0.219. The number of hydrogen-bond donors (Lipinski definition) is 0. The molecule has 0 heterocycles. The normalized spacial score (nSPS) is 8.40. The first-order valence-electron chi connectivity index (χ1n) is 1.21. The summed E-state index contributed by atoms with van der Waals surface area (Å²) in [5, 5.41) is 0. The second-order valence-electron chi connectivity index (χ2n) is 0.502. The van der Waals surface area contributed by atoms with Crippen molar-refractivity contribution in [2.24, 2.45) is 0 Å². The predicted molar refractivity (Wildman–Crippen MR) is 17.8 cm³/mol. The Morgan fingerprint density at radius 3 is 2.40 bits per heavy atom. The molecule has 0 aliphatic rings. The third-order valence-corrected chi connectivity index (χ3v) is 0.309. The van der Waals surface area contributed by atoms with E-state index >= 15 is 0 Å². The van der Waals surface area contributed by atoms with Gasteiger partial charge in [0.25, 0.3) is 0 Å². The molecule has 0 aromatic rings. The quantitative estimate of drug-likeness (QED) is 0.471. The lowest BCUT2D eigenvalue weighted by Crippen LogP contribution is -1.81. The van der Waals surface area contributed by atoms with Crippen molar-refractivity contribution in [3.05, 3.63) is 0 Å². The molecule has 0 radical (unpaired) electrons. The Hall–Kier alpha value is 0.180. The zero-order chi connectivity index (χ0) is 4.12. The highest BCUT2D eigenvalue weighted by Gasteiger charge is 1.73. The molecule has 3 heteroatoms. The molecule has 0 aliphatic heterocycles. The standard InChI is InChI=1S/C2H4ClFO/c3-1-2-5-4/h1-2H2. The van der Waals surface area contributed by atoms with Crippen LogP contribution in [0.4, 0.5) is 4.53 Å². The maximum Gasteiger partial charge on any atom is 0.101 e. The van der Waals surface area contributed by atoms with E-state index < -0.39 is 0 Å². The Balaban J connectivity index is 2.19. The van der Waals surface area contributed by atoms with E-state index in [2.05, 4.69) is 4.94 Å². The highest BCUT2D eigenvalue weighted by atomic mass is 35.5. The van der Waals surface area contributed by atoms with Crippen molar-refractivity contribution in [3.63, 3.8) is 0 Å². The molecule has 0 amide bonds. The largest absolute Gasteiger partial charge is 0.193 e. The molecule has 0 saturated heterocycles. The first kappa shape index (κ1) is 5.18. The molecule has 1 nitrogen and oxygen atoms in total. The molecule has 0 aliphatic carbocycles. The van der Waals surface area contributed by atoms with Crippen LogP contribution in [-0.4, -0.2) is 12.5 Å². The van der Waals surface area contributed by atoms with Crippen LogP contribution in [0.15, 0.2) is 0 Å². The molecule has 0 saturated carbocycles. The molecular weight excluding hydrogens is 94.5 g/mol. The Kier molecular flexibility index (Phi) is 4.33. The molecule has 0 rings (SSSR count). The van der Waals surface area contributed by atoms with Crippen molar-refractivity contribution in [2.75, 3.05) is 12.5 Å². The number of alkyl halides is 1. The lowest BCUT2D eigenvalue weighted by atomic mass is 10.9. The lowest BCUT2D eigenvalue weighted by molar-refractivity contribution is -0.124. The van der Waals surface area contributed by atoms with Gasteiger partial charge in [0.2, 0.25) is 0 Å². The summed E-state index contributed by atoms with van der Waals surface area (Å²) in [4.78, 5) is 3.06.